The zero-order valence-corrected chi connectivity index (χ0v) is 16.0. The minimum Gasteiger partial charge on any atom is -0.460 e. The highest BCUT2D eigenvalue weighted by molar-refractivity contribution is 6.30. The van der Waals surface area contributed by atoms with Gasteiger partial charge in [0.25, 0.3) is 6.02 Å². The number of halogens is 1. The van der Waals surface area contributed by atoms with Gasteiger partial charge in [-0.1, -0.05) is 41.9 Å². The van der Waals surface area contributed by atoms with Crippen LogP contribution in [0.1, 0.15) is 29.2 Å². The van der Waals surface area contributed by atoms with Gasteiger partial charge in [0.05, 0.1) is 11.7 Å². The van der Waals surface area contributed by atoms with E-state index in [0.717, 1.165) is 40.5 Å². The van der Waals surface area contributed by atoms with E-state index in [0.29, 0.717) is 12.6 Å². The van der Waals surface area contributed by atoms with Crippen LogP contribution in [-0.4, -0.2) is 6.02 Å². The third-order valence-electron chi connectivity index (χ3n) is 5.27. The third kappa shape index (κ3) is 3.32. The van der Waals surface area contributed by atoms with Crippen molar-refractivity contribution < 1.29 is 4.74 Å². The van der Waals surface area contributed by atoms with Gasteiger partial charge in [-0.3, -0.25) is 0 Å². The Kier molecular flexibility index (Phi) is 4.41. The van der Waals surface area contributed by atoms with E-state index in [1.165, 1.54) is 11.1 Å². The summed E-state index contributed by atoms with van der Waals surface area (Å²) in [6.45, 7) is 0.478. The average molecular weight is 390 g/mol. The van der Waals surface area contributed by atoms with Crippen molar-refractivity contribution in [3.63, 3.8) is 0 Å². The summed E-state index contributed by atoms with van der Waals surface area (Å²) in [5.74, 6) is 0. The van der Waals surface area contributed by atoms with E-state index < -0.39 is 0 Å². The van der Waals surface area contributed by atoms with Gasteiger partial charge in [-0.25, -0.2) is 4.99 Å². The number of nitrogens with one attached hydrogen (secondary N) is 2. The Morgan fingerprint density at radius 2 is 1.86 bits per heavy atom. The first-order valence-corrected chi connectivity index (χ1v) is 9.84. The Hall–Kier alpha value is -2.98. The fourth-order valence-corrected chi connectivity index (χ4v) is 3.96. The van der Waals surface area contributed by atoms with Crippen LogP contribution in [0, 0.1) is 0 Å². The second kappa shape index (κ2) is 7.21. The highest BCUT2D eigenvalue weighted by Crippen LogP contribution is 2.36. The maximum absolute atomic E-state index is 5.98. The van der Waals surface area contributed by atoms with Gasteiger partial charge in [0.15, 0.2) is 0 Å². The number of rotatable bonds is 3. The molecule has 2 N–H and O–H groups in total. The number of aryl methyl sites for hydroxylation is 1. The molecule has 0 amide bonds. The molecule has 3 aromatic carbocycles. The minimum absolute atomic E-state index is 0.163. The van der Waals surface area contributed by atoms with Crippen LogP contribution in [0.2, 0.25) is 5.02 Å². The van der Waals surface area contributed by atoms with E-state index in [1.807, 2.05) is 36.4 Å². The van der Waals surface area contributed by atoms with E-state index in [9.17, 15) is 0 Å². The van der Waals surface area contributed by atoms with Gasteiger partial charge in [0.1, 0.15) is 6.61 Å². The number of hydrogen-bond acceptors (Lipinski definition) is 3. The SMILES string of the molecule is Clc1ccc(Nc2cccc3c2COC(=N[C@@H]2CCc4ccccc42)N3)cc1. The lowest BCUT2D eigenvalue weighted by Crippen LogP contribution is -2.23. The Morgan fingerprint density at radius 3 is 2.75 bits per heavy atom. The lowest BCUT2D eigenvalue weighted by Gasteiger charge is -2.24. The zero-order valence-electron chi connectivity index (χ0n) is 15.3. The van der Waals surface area contributed by atoms with Gasteiger partial charge in [-0.15, -0.1) is 0 Å². The molecule has 3 aromatic rings. The average Bonchev–Trinajstić information content (AvgIpc) is 3.13. The van der Waals surface area contributed by atoms with E-state index in [1.54, 1.807) is 0 Å². The highest BCUT2D eigenvalue weighted by Gasteiger charge is 2.24. The summed E-state index contributed by atoms with van der Waals surface area (Å²) >= 11 is 5.98. The van der Waals surface area contributed by atoms with E-state index >= 15 is 0 Å². The minimum atomic E-state index is 0.163. The first kappa shape index (κ1) is 17.1. The maximum atomic E-state index is 5.98. The molecule has 1 aliphatic heterocycles. The van der Waals surface area contributed by atoms with Crippen LogP contribution in [0.3, 0.4) is 0 Å². The van der Waals surface area contributed by atoms with Crippen LogP contribution in [0.4, 0.5) is 17.1 Å². The molecule has 28 heavy (non-hydrogen) atoms. The zero-order chi connectivity index (χ0) is 18.9. The second-order valence-corrected chi connectivity index (χ2v) is 7.50. The monoisotopic (exact) mass is 389 g/mol. The second-order valence-electron chi connectivity index (χ2n) is 7.06. The largest absolute Gasteiger partial charge is 0.460 e. The summed E-state index contributed by atoms with van der Waals surface area (Å²) in [6.07, 6.45) is 2.10. The lowest BCUT2D eigenvalue weighted by molar-refractivity contribution is 0.283. The summed E-state index contributed by atoms with van der Waals surface area (Å²) in [5.41, 5.74) is 6.81. The predicted octanol–water partition coefficient (Wildman–Crippen LogP) is 6.07. The molecule has 0 radical (unpaired) electrons. The van der Waals surface area contributed by atoms with Crippen LogP contribution in [0.25, 0.3) is 0 Å². The standard InChI is InChI=1S/C23H20ClN3O/c24-16-9-11-17(12-10-16)25-20-6-3-7-21-19(20)14-28-23(26-21)27-22-13-8-15-4-1-2-5-18(15)22/h1-7,9-12,22,25H,8,13-14H2,(H,26,27)/t22-/m1/s1. The molecule has 1 aliphatic carbocycles. The fourth-order valence-electron chi connectivity index (χ4n) is 3.84. The summed E-state index contributed by atoms with van der Waals surface area (Å²) in [7, 11) is 0. The van der Waals surface area contributed by atoms with Crippen LogP contribution in [-0.2, 0) is 17.8 Å². The van der Waals surface area contributed by atoms with Gasteiger partial charge in [-0.05, 0) is 60.4 Å². The van der Waals surface area contributed by atoms with Crippen LogP contribution in [0.15, 0.2) is 71.7 Å². The van der Waals surface area contributed by atoms with Crippen molar-refractivity contribution in [2.24, 2.45) is 4.99 Å². The molecule has 140 valence electrons. The Bertz CT molecular complexity index is 1050. The molecule has 0 fully saturated rings. The summed E-state index contributed by atoms with van der Waals surface area (Å²) < 4.78 is 5.96. The highest BCUT2D eigenvalue weighted by atomic mass is 35.5. The lowest BCUT2D eigenvalue weighted by atomic mass is 10.1. The maximum Gasteiger partial charge on any atom is 0.290 e. The van der Waals surface area contributed by atoms with Crippen molar-refractivity contribution in [2.45, 2.75) is 25.5 Å². The first-order valence-electron chi connectivity index (χ1n) is 9.46. The topological polar surface area (TPSA) is 45.6 Å². The van der Waals surface area contributed by atoms with Gasteiger partial charge >= 0.3 is 0 Å². The fraction of sp³-hybridized carbons (Fsp3) is 0.174. The van der Waals surface area contributed by atoms with Crippen molar-refractivity contribution in [1.82, 2.24) is 0 Å². The number of hydrogen-bond donors (Lipinski definition) is 2. The molecular weight excluding hydrogens is 370 g/mol. The molecule has 0 bridgehead atoms. The number of aliphatic imine (C=N–C) groups is 1. The quantitative estimate of drug-likeness (QED) is 0.571. The summed E-state index contributed by atoms with van der Waals surface area (Å²) in [6, 6.07) is 23.1. The molecule has 0 spiro atoms. The molecule has 0 aromatic heterocycles. The number of benzene rings is 3. The van der Waals surface area contributed by atoms with Gasteiger partial charge in [-0.2, -0.15) is 0 Å². The molecule has 0 unspecified atom stereocenters. The molecule has 2 aliphatic rings. The van der Waals surface area contributed by atoms with Gasteiger partial charge in [0.2, 0.25) is 0 Å². The van der Waals surface area contributed by atoms with E-state index in [2.05, 4.69) is 41.0 Å². The Morgan fingerprint density at radius 1 is 1.00 bits per heavy atom. The van der Waals surface area contributed by atoms with Gasteiger partial charge in [0, 0.05) is 22.0 Å². The number of amidine groups is 1. The van der Waals surface area contributed by atoms with Crippen molar-refractivity contribution in [3.05, 3.63) is 88.4 Å². The van der Waals surface area contributed by atoms with Crippen LogP contribution < -0.4 is 10.6 Å². The molecule has 1 atom stereocenters. The first-order chi connectivity index (χ1) is 13.8. The number of anilines is 3. The number of nitrogens with zero attached hydrogens (tertiary/aromatic N) is 1. The van der Waals surface area contributed by atoms with Crippen LogP contribution in [0.5, 0.6) is 0 Å². The summed E-state index contributed by atoms with van der Waals surface area (Å²) in [5, 5.41) is 7.52. The summed E-state index contributed by atoms with van der Waals surface area (Å²) in [4.78, 5) is 4.85. The number of fused-ring (bicyclic) bond motifs is 2. The van der Waals surface area contributed by atoms with E-state index in [-0.39, 0.29) is 6.04 Å². The van der Waals surface area contributed by atoms with Crippen molar-refractivity contribution in [2.75, 3.05) is 10.6 Å². The Labute approximate surface area is 169 Å². The van der Waals surface area contributed by atoms with Gasteiger partial charge < -0.3 is 15.4 Å². The van der Waals surface area contributed by atoms with E-state index in [4.69, 9.17) is 21.3 Å². The molecule has 5 heteroatoms. The Balaban J connectivity index is 1.37. The normalized spacial score (nSPS) is 18.8. The van der Waals surface area contributed by atoms with Crippen molar-refractivity contribution >= 4 is 34.7 Å². The van der Waals surface area contributed by atoms with Crippen molar-refractivity contribution in [3.8, 4) is 0 Å². The molecule has 0 saturated carbocycles. The molecular formula is C23H20ClN3O. The number of ether oxygens (including phenoxy) is 1. The molecule has 1 heterocycles. The molecule has 0 saturated heterocycles. The molecule has 5 rings (SSSR count). The van der Waals surface area contributed by atoms with Crippen LogP contribution >= 0.6 is 11.6 Å². The predicted molar refractivity (Wildman–Crippen MR) is 115 cm³/mol. The third-order valence-corrected chi connectivity index (χ3v) is 5.52. The molecule has 4 nitrogen and oxygen atoms in total. The van der Waals surface area contributed by atoms with Crippen molar-refractivity contribution in [1.29, 1.82) is 0 Å². The smallest absolute Gasteiger partial charge is 0.290 e.